The highest BCUT2D eigenvalue weighted by molar-refractivity contribution is 7.14. The molecule has 3 aromatic rings. The largest absolute Gasteiger partial charge is 0.402 e. The van der Waals surface area contributed by atoms with Crippen LogP contribution in [0.2, 0.25) is 0 Å². The van der Waals surface area contributed by atoms with Gasteiger partial charge >= 0.3 is 5.97 Å². The fourth-order valence-electron chi connectivity index (χ4n) is 2.82. The molecule has 144 valence electrons. The van der Waals surface area contributed by atoms with Gasteiger partial charge in [-0.3, -0.25) is 9.69 Å². The van der Waals surface area contributed by atoms with Crippen LogP contribution in [0.3, 0.4) is 0 Å². The van der Waals surface area contributed by atoms with Crippen molar-refractivity contribution in [2.24, 2.45) is 4.99 Å². The Morgan fingerprint density at radius 3 is 2.52 bits per heavy atom. The van der Waals surface area contributed by atoms with Gasteiger partial charge < -0.3 is 4.74 Å². The van der Waals surface area contributed by atoms with Crippen LogP contribution in [0, 0.1) is 6.92 Å². The number of nitrogens with zero attached hydrogens (tertiary/aromatic N) is 3. The molecule has 1 aliphatic rings. The summed E-state index contributed by atoms with van der Waals surface area (Å²) in [6.45, 7) is 3.47. The average molecular weight is 403 g/mol. The van der Waals surface area contributed by atoms with E-state index in [0.29, 0.717) is 10.8 Å². The molecule has 0 saturated carbocycles. The van der Waals surface area contributed by atoms with Gasteiger partial charge in [0.2, 0.25) is 11.8 Å². The van der Waals surface area contributed by atoms with Crippen molar-refractivity contribution < 1.29 is 14.3 Å². The van der Waals surface area contributed by atoms with Gasteiger partial charge in [0, 0.05) is 17.9 Å². The van der Waals surface area contributed by atoms with Crippen LogP contribution >= 0.6 is 11.3 Å². The lowest BCUT2D eigenvalue weighted by atomic mass is 10.1. The Morgan fingerprint density at radius 1 is 1.10 bits per heavy atom. The number of anilines is 2. The third kappa shape index (κ3) is 4.00. The molecule has 0 radical (unpaired) electrons. The predicted molar refractivity (Wildman–Crippen MR) is 113 cm³/mol. The van der Waals surface area contributed by atoms with Crippen LogP contribution in [0.1, 0.15) is 23.7 Å². The van der Waals surface area contributed by atoms with Crippen molar-refractivity contribution in [1.82, 2.24) is 4.98 Å². The summed E-state index contributed by atoms with van der Waals surface area (Å²) < 4.78 is 5.29. The number of aryl methyl sites for hydroxylation is 1. The van der Waals surface area contributed by atoms with E-state index in [1.54, 1.807) is 11.5 Å². The number of carbonyl (C=O) groups excluding carboxylic acids is 2. The van der Waals surface area contributed by atoms with Crippen molar-refractivity contribution in [2.45, 2.75) is 13.8 Å². The van der Waals surface area contributed by atoms with Gasteiger partial charge in [-0.15, -0.1) is 11.3 Å². The molecule has 4 rings (SSSR count). The molecule has 2 heterocycles. The summed E-state index contributed by atoms with van der Waals surface area (Å²) >= 11 is 1.31. The zero-order valence-corrected chi connectivity index (χ0v) is 16.6. The van der Waals surface area contributed by atoms with Crippen molar-refractivity contribution in [2.75, 3.05) is 4.90 Å². The van der Waals surface area contributed by atoms with E-state index < -0.39 is 5.97 Å². The third-order valence-corrected chi connectivity index (χ3v) is 5.08. The fraction of sp³-hybridized carbons (Fsp3) is 0.0909. The molecule has 0 unspecified atom stereocenters. The van der Waals surface area contributed by atoms with Gasteiger partial charge in [-0.2, -0.15) is 0 Å². The molecule has 29 heavy (non-hydrogen) atoms. The second kappa shape index (κ2) is 7.81. The number of aromatic nitrogens is 1. The van der Waals surface area contributed by atoms with E-state index in [4.69, 9.17) is 4.74 Å². The number of benzene rings is 2. The van der Waals surface area contributed by atoms with Gasteiger partial charge in [-0.1, -0.05) is 35.9 Å². The molecular weight excluding hydrogens is 386 g/mol. The first-order valence-corrected chi connectivity index (χ1v) is 9.80. The SMILES string of the molecule is CC(=O)N(c1ccccc1)c1nc(/C=C2\N=C(c3ccc(C)cc3)OC2=O)cs1. The number of amides is 1. The minimum atomic E-state index is -0.526. The van der Waals surface area contributed by atoms with Crippen LogP contribution in [0.15, 0.2) is 70.7 Å². The molecule has 0 N–H and O–H groups in total. The zero-order valence-electron chi connectivity index (χ0n) is 15.8. The van der Waals surface area contributed by atoms with Gasteiger partial charge in [0.1, 0.15) is 0 Å². The van der Waals surface area contributed by atoms with Crippen LogP contribution in [-0.4, -0.2) is 22.8 Å². The molecule has 0 bridgehead atoms. The second-order valence-corrected chi connectivity index (χ2v) is 7.28. The minimum Gasteiger partial charge on any atom is -0.402 e. The Labute approximate surface area is 171 Å². The van der Waals surface area contributed by atoms with Gasteiger partial charge in [0.25, 0.3) is 0 Å². The van der Waals surface area contributed by atoms with E-state index in [0.717, 1.165) is 16.8 Å². The van der Waals surface area contributed by atoms with Gasteiger partial charge in [0.15, 0.2) is 10.8 Å². The maximum Gasteiger partial charge on any atom is 0.363 e. The molecule has 2 aromatic carbocycles. The van der Waals surface area contributed by atoms with E-state index in [2.05, 4.69) is 9.98 Å². The average Bonchev–Trinajstić information content (AvgIpc) is 3.30. The lowest BCUT2D eigenvalue weighted by molar-refractivity contribution is -0.130. The van der Waals surface area contributed by atoms with Gasteiger partial charge in [-0.25, -0.2) is 14.8 Å². The molecule has 1 aromatic heterocycles. The lowest BCUT2D eigenvalue weighted by Crippen LogP contribution is -2.22. The monoisotopic (exact) mass is 403 g/mol. The molecular formula is C22H17N3O3S. The first kappa shape index (κ1) is 18.8. The second-order valence-electron chi connectivity index (χ2n) is 6.45. The van der Waals surface area contributed by atoms with Crippen molar-refractivity contribution in [1.29, 1.82) is 0 Å². The number of aliphatic imine (C=N–C) groups is 1. The molecule has 1 amide bonds. The standard InChI is InChI=1S/C22H17N3O3S/c1-14-8-10-16(11-9-14)20-24-19(21(27)28-20)12-17-13-29-22(23-17)25(15(2)26)18-6-4-3-5-7-18/h3-13H,1-2H3/b19-12-. The Morgan fingerprint density at radius 2 is 1.83 bits per heavy atom. The first-order chi connectivity index (χ1) is 14.0. The van der Waals surface area contributed by atoms with Crippen LogP contribution in [0.5, 0.6) is 0 Å². The quantitative estimate of drug-likeness (QED) is 0.476. The minimum absolute atomic E-state index is 0.148. The van der Waals surface area contributed by atoms with Gasteiger partial charge in [-0.05, 0) is 37.3 Å². The maximum absolute atomic E-state index is 12.2. The predicted octanol–water partition coefficient (Wildman–Crippen LogP) is 4.48. The normalized spacial score (nSPS) is 14.6. The smallest absolute Gasteiger partial charge is 0.363 e. The number of ether oxygens (including phenoxy) is 1. The van der Waals surface area contributed by atoms with Crippen molar-refractivity contribution in [3.63, 3.8) is 0 Å². The van der Waals surface area contributed by atoms with E-state index >= 15 is 0 Å². The fourth-order valence-corrected chi connectivity index (χ4v) is 3.66. The van der Waals surface area contributed by atoms with E-state index in [-0.39, 0.29) is 17.5 Å². The number of hydrogen-bond donors (Lipinski definition) is 0. The molecule has 0 fully saturated rings. The van der Waals surface area contributed by atoms with Crippen molar-refractivity contribution in [3.05, 3.63) is 82.5 Å². The maximum atomic E-state index is 12.2. The van der Waals surface area contributed by atoms with Crippen LogP contribution in [-0.2, 0) is 14.3 Å². The number of cyclic esters (lactones) is 1. The first-order valence-electron chi connectivity index (χ1n) is 8.92. The van der Waals surface area contributed by atoms with Crippen LogP contribution in [0.25, 0.3) is 6.08 Å². The van der Waals surface area contributed by atoms with E-state index in [1.807, 2.05) is 61.5 Å². The van der Waals surface area contributed by atoms with E-state index in [1.165, 1.54) is 23.2 Å². The number of thiazole rings is 1. The van der Waals surface area contributed by atoms with Crippen LogP contribution in [0.4, 0.5) is 10.8 Å². The zero-order chi connectivity index (χ0) is 20.4. The molecule has 0 atom stereocenters. The van der Waals surface area contributed by atoms with E-state index in [9.17, 15) is 9.59 Å². The highest BCUT2D eigenvalue weighted by Crippen LogP contribution is 2.30. The Bertz CT molecular complexity index is 1130. The Hall–Kier alpha value is -3.58. The van der Waals surface area contributed by atoms with Gasteiger partial charge in [0.05, 0.1) is 11.4 Å². The van der Waals surface area contributed by atoms with Crippen molar-refractivity contribution >= 4 is 46.0 Å². The summed E-state index contributed by atoms with van der Waals surface area (Å²) in [5.41, 5.74) is 3.28. The van der Waals surface area contributed by atoms with Crippen molar-refractivity contribution in [3.8, 4) is 0 Å². The number of rotatable bonds is 4. The molecule has 0 saturated heterocycles. The Kier molecular flexibility index (Phi) is 5.05. The topological polar surface area (TPSA) is 71.9 Å². The molecule has 7 heteroatoms. The van der Waals surface area contributed by atoms with Crippen LogP contribution < -0.4 is 4.90 Å². The Balaban J connectivity index is 1.62. The number of esters is 1. The highest BCUT2D eigenvalue weighted by atomic mass is 32.1. The lowest BCUT2D eigenvalue weighted by Gasteiger charge is -2.17. The molecule has 6 nitrogen and oxygen atoms in total. The third-order valence-electron chi connectivity index (χ3n) is 4.23. The summed E-state index contributed by atoms with van der Waals surface area (Å²) in [5, 5.41) is 2.29. The number of hydrogen-bond acceptors (Lipinski definition) is 6. The highest BCUT2D eigenvalue weighted by Gasteiger charge is 2.25. The molecule has 0 aliphatic carbocycles. The summed E-state index contributed by atoms with van der Waals surface area (Å²) in [7, 11) is 0. The molecule has 1 aliphatic heterocycles. The summed E-state index contributed by atoms with van der Waals surface area (Å²) in [5.74, 6) is -0.405. The number of para-hydroxylation sites is 1. The number of carbonyl (C=O) groups is 2. The summed E-state index contributed by atoms with van der Waals surface area (Å²) in [6.07, 6.45) is 1.56. The summed E-state index contributed by atoms with van der Waals surface area (Å²) in [6, 6.07) is 16.9. The summed E-state index contributed by atoms with van der Waals surface area (Å²) in [4.78, 5) is 34.7. The molecule has 0 spiro atoms.